The SMILES string of the molecule is CC(C)n1c(SCc2sccc2C#CCO)n[nH]c1=O. The van der Waals surface area contributed by atoms with Crippen molar-refractivity contribution < 1.29 is 5.11 Å². The molecule has 106 valence electrons. The van der Waals surface area contributed by atoms with Crippen LogP contribution in [0, 0.1) is 11.8 Å². The lowest BCUT2D eigenvalue weighted by Gasteiger charge is -2.07. The predicted octanol–water partition coefficient (Wildman–Crippen LogP) is 1.85. The highest BCUT2D eigenvalue weighted by Gasteiger charge is 2.13. The zero-order valence-corrected chi connectivity index (χ0v) is 12.8. The molecule has 2 heterocycles. The molecule has 0 saturated carbocycles. The molecule has 0 aliphatic rings. The van der Waals surface area contributed by atoms with E-state index in [1.54, 1.807) is 15.9 Å². The number of aromatic amines is 1. The number of hydrogen-bond donors (Lipinski definition) is 2. The number of rotatable bonds is 4. The number of aromatic nitrogens is 3. The molecule has 0 saturated heterocycles. The van der Waals surface area contributed by atoms with Gasteiger partial charge in [0.25, 0.3) is 0 Å². The molecular weight excluding hydrogens is 294 g/mol. The van der Waals surface area contributed by atoms with Gasteiger partial charge in [0.1, 0.15) is 6.61 Å². The zero-order chi connectivity index (χ0) is 14.5. The molecule has 0 bridgehead atoms. The Morgan fingerprint density at radius 2 is 2.40 bits per heavy atom. The Kier molecular flexibility index (Phi) is 5.06. The van der Waals surface area contributed by atoms with Crippen LogP contribution in [0.5, 0.6) is 0 Å². The van der Waals surface area contributed by atoms with Gasteiger partial charge in [-0.05, 0) is 25.3 Å². The van der Waals surface area contributed by atoms with Crippen molar-refractivity contribution in [3.8, 4) is 11.8 Å². The molecule has 2 rings (SSSR count). The van der Waals surface area contributed by atoms with Gasteiger partial charge in [-0.1, -0.05) is 23.6 Å². The summed E-state index contributed by atoms with van der Waals surface area (Å²) >= 11 is 3.11. The van der Waals surface area contributed by atoms with Crippen molar-refractivity contribution in [2.24, 2.45) is 0 Å². The topological polar surface area (TPSA) is 70.9 Å². The van der Waals surface area contributed by atoms with Crippen molar-refractivity contribution in [3.63, 3.8) is 0 Å². The van der Waals surface area contributed by atoms with E-state index in [0.717, 1.165) is 10.4 Å². The first kappa shape index (κ1) is 14.9. The standard InChI is InChI=1S/C13H15N3O2S2/c1-9(2)16-12(18)14-15-13(16)20-8-11-10(4-3-6-17)5-7-19-11/h5,7,9,17H,6,8H2,1-2H3,(H,14,18). The molecule has 5 nitrogen and oxygen atoms in total. The van der Waals surface area contributed by atoms with Gasteiger partial charge in [0.2, 0.25) is 0 Å². The molecule has 0 atom stereocenters. The van der Waals surface area contributed by atoms with Gasteiger partial charge in [0.15, 0.2) is 5.16 Å². The maximum Gasteiger partial charge on any atom is 0.344 e. The van der Waals surface area contributed by atoms with Crippen LogP contribution in [0.25, 0.3) is 0 Å². The molecule has 0 aromatic carbocycles. The molecule has 0 radical (unpaired) electrons. The first-order chi connectivity index (χ1) is 9.63. The van der Waals surface area contributed by atoms with E-state index in [1.807, 2.05) is 25.3 Å². The van der Waals surface area contributed by atoms with Crippen molar-refractivity contribution in [1.29, 1.82) is 0 Å². The first-order valence-electron chi connectivity index (χ1n) is 6.09. The Labute approximate surface area is 125 Å². The summed E-state index contributed by atoms with van der Waals surface area (Å²) in [6, 6.07) is 2.00. The molecule has 0 unspecified atom stereocenters. The smallest absolute Gasteiger partial charge is 0.344 e. The van der Waals surface area contributed by atoms with Crippen LogP contribution in [-0.2, 0) is 5.75 Å². The fraction of sp³-hybridized carbons (Fsp3) is 0.385. The third-order valence-corrected chi connectivity index (χ3v) is 4.65. The molecule has 0 spiro atoms. The Morgan fingerprint density at radius 1 is 1.60 bits per heavy atom. The van der Waals surface area contributed by atoms with Crippen molar-refractivity contribution >= 4 is 23.1 Å². The number of nitrogens with one attached hydrogen (secondary N) is 1. The fourth-order valence-electron chi connectivity index (χ4n) is 1.68. The summed E-state index contributed by atoms with van der Waals surface area (Å²) in [4.78, 5) is 12.7. The molecular formula is C13H15N3O2S2. The van der Waals surface area contributed by atoms with Gasteiger partial charge in [-0.25, -0.2) is 9.89 Å². The Bertz CT molecular complexity index is 688. The van der Waals surface area contributed by atoms with Crippen LogP contribution in [0.15, 0.2) is 21.4 Å². The minimum atomic E-state index is -0.186. The average molecular weight is 309 g/mol. The average Bonchev–Trinajstić information content (AvgIpc) is 3.00. The van der Waals surface area contributed by atoms with Gasteiger partial charge < -0.3 is 5.11 Å². The van der Waals surface area contributed by atoms with E-state index in [1.165, 1.54) is 11.8 Å². The lowest BCUT2D eigenvalue weighted by atomic mass is 10.3. The van der Waals surface area contributed by atoms with E-state index in [-0.39, 0.29) is 18.3 Å². The van der Waals surface area contributed by atoms with Crippen LogP contribution in [0.2, 0.25) is 0 Å². The minimum Gasteiger partial charge on any atom is -0.384 e. The maximum atomic E-state index is 11.6. The third kappa shape index (κ3) is 3.33. The van der Waals surface area contributed by atoms with Crippen LogP contribution < -0.4 is 5.69 Å². The Hall–Kier alpha value is -1.49. The summed E-state index contributed by atoms with van der Waals surface area (Å²) < 4.78 is 1.64. The molecule has 2 aromatic rings. The van der Waals surface area contributed by atoms with E-state index in [0.29, 0.717) is 10.9 Å². The highest BCUT2D eigenvalue weighted by atomic mass is 32.2. The number of H-pyrrole nitrogens is 1. The number of aliphatic hydroxyl groups excluding tert-OH is 1. The quantitative estimate of drug-likeness (QED) is 0.668. The molecule has 20 heavy (non-hydrogen) atoms. The third-order valence-electron chi connectivity index (χ3n) is 2.57. The summed E-state index contributed by atoms with van der Waals surface area (Å²) in [6.45, 7) is 3.75. The summed E-state index contributed by atoms with van der Waals surface area (Å²) in [5.74, 6) is 6.27. The van der Waals surface area contributed by atoms with Gasteiger partial charge in [-0.15, -0.1) is 16.4 Å². The molecule has 2 N–H and O–H groups in total. The molecule has 7 heteroatoms. The van der Waals surface area contributed by atoms with E-state index in [4.69, 9.17) is 5.11 Å². The van der Waals surface area contributed by atoms with E-state index in [2.05, 4.69) is 22.0 Å². The van der Waals surface area contributed by atoms with Crippen molar-refractivity contribution in [3.05, 3.63) is 32.4 Å². The van der Waals surface area contributed by atoms with Gasteiger partial charge >= 0.3 is 5.69 Å². The van der Waals surface area contributed by atoms with Gasteiger partial charge in [-0.3, -0.25) is 4.57 Å². The fourth-order valence-corrected chi connectivity index (χ4v) is 3.70. The monoisotopic (exact) mass is 309 g/mol. The highest BCUT2D eigenvalue weighted by molar-refractivity contribution is 7.98. The minimum absolute atomic E-state index is 0.0701. The summed E-state index contributed by atoms with van der Waals surface area (Å²) in [5.41, 5.74) is 0.736. The zero-order valence-electron chi connectivity index (χ0n) is 11.2. The van der Waals surface area contributed by atoms with Crippen LogP contribution >= 0.6 is 23.1 Å². The van der Waals surface area contributed by atoms with E-state index in [9.17, 15) is 4.79 Å². The van der Waals surface area contributed by atoms with Crippen molar-refractivity contribution in [2.45, 2.75) is 30.8 Å². The van der Waals surface area contributed by atoms with Crippen LogP contribution in [-0.4, -0.2) is 26.5 Å². The lowest BCUT2D eigenvalue weighted by molar-refractivity contribution is 0.350. The lowest BCUT2D eigenvalue weighted by Crippen LogP contribution is -2.19. The summed E-state index contributed by atoms with van der Waals surface area (Å²) in [5, 5.41) is 17.9. The second-order valence-corrected chi connectivity index (χ2v) is 6.22. The first-order valence-corrected chi connectivity index (χ1v) is 7.95. The number of thiophene rings is 1. The molecule has 2 aromatic heterocycles. The van der Waals surface area contributed by atoms with Crippen LogP contribution in [0.1, 0.15) is 30.3 Å². The Morgan fingerprint density at radius 3 is 3.10 bits per heavy atom. The summed E-state index contributed by atoms with van der Waals surface area (Å²) in [6.07, 6.45) is 0. The largest absolute Gasteiger partial charge is 0.384 e. The van der Waals surface area contributed by atoms with Crippen molar-refractivity contribution in [1.82, 2.24) is 14.8 Å². The normalized spacial score (nSPS) is 10.6. The molecule has 0 aliphatic carbocycles. The molecule has 0 amide bonds. The predicted molar refractivity (Wildman–Crippen MR) is 81.1 cm³/mol. The van der Waals surface area contributed by atoms with Crippen molar-refractivity contribution in [2.75, 3.05) is 6.61 Å². The summed E-state index contributed by atoms with van der Waals surface area (Å²) in [7, 11) is 0. The number of nitrogens with zero attached hydrogens (tertiary/aromatic N) is 2. The van der Waals surface area contributed by atoms with Gasteiger partial charge in [-0.2, -0.15) is 0 Å². The Balaban J connectivity index is 2.14. The second kappa shape index (κ2) is 6.79. The van der Waals surface area contributed by atoms with E-state index < -0.39 is 0 Å². The molecule has 0 aliphatic heterocycles. The number of thioether (sulfide) groups is 1. The van der Waals surface area contributed by atoms with Crippen LogP contribution in [0.4, 0.5) is 0 Å². The van der Waals surface area contributed by atoms with Crippen LogP contribution in [0.3, 0.4) is 0 Å². The van der Waals surface area contributed by atoms with Gasteiger partial charge in [0, 0.05) is 22.2 Å². The van der Waals surface area contributed by atoms with E-state index >= 15 is 0 Å². The maximum absolute atomic E-state index is 11.6. The number of hydrogen-bond acceptors (Lipinski definition) is 5. The highest BCUT2D eigenvalue weighted by Crippen LogP contribution is 2.26. The second-order valence-electron chi connectivity index (χ2n) is 4.28. The number of aliphatic hydroxyl groups is 1. The molecule has 0 fully saturated rings. The van der Waals surface area contributed by atoms with Gasteiger partial charge in [0.05, 0.1) is 0 Å².